The average molecular weight is 186 g/mol. The van der Waals surface area contributed by atoms with Crippen LogP contribution in [0.1, 0.15) is 5.56 Å². The molecular weight excluding hydrogens is 176 g/mol. The zero-order chi connectivity index (χ0) is 9.80. The Bertz CT molecular complexity index is 397. The van der Waals surface area contributed by atoms with E-state index in [0.29, 0.717) is 6.01 Å². The molecule has 3 heteroatoms. The second kappa shape index (κ2) is 3.87. The molecule has 0 atom stereocenters. The number of hydrogen-bond donors (Lipinski definition) is 0. The Balaban J connectivity index is 2.16. The van der Waals surface area contributed by atoms with Gasteiger partial charge in [0.15, 0.2) is 0 Å². The standard InChI is InChI=1S/C11H10N2O/c1-9-7-12-11(13-8-9)14-10-5-3-2-4-6-10/h2-8H,1H3. The molecule has 0 saturated carbocycles. The average Bonchev–Trinajstić information content (AvgIpc) is 2.23. The molecular formula is C11H10N2O. The maximum Gasteiger partial charge on any atom is 0.321 e. The number of nitrogens with zero attached hydrogens (tertiary/aromatic N) is 2. The predicted molar refractivity (Wildman–Crippen MR) is 53.3 cm³/mol. The summed E-state index contributed by atoms with van der Waals surface area (Å²) in [6.45, 7) is 1.94. The van der Waals surface area contributed by atoms with Crippen LogP contribution in [-0.2, 0) is 0 Å². The number of para-hydroxylation sites is 1. The van der Waals surface area contributed by atoms with Crippen LogP contribution in [0.25, 0.3) is 0 Å². The van der Waals surface area contributed by atoms with E-state index in [4.69, 9.17) is 4.74 Å². The molecule has 0 radical (unpaired) electrons. The molecule has 1 aromatic carbocycles. The lowest BCUT2D eigenvalue weighted by atomic mass is 10.3. The van der Waals surface area contributed by atoms with Crippen LogP contribution in [0.2, 0.25) is 0 Å². The van der Waals surface area contributed by atoms with E-state index < -0.39 is 0 Å². The summed E-state index contributed by atoms with van der Waals surface area (Å²) in [5, 5.41) is 0. The Hall–Kier alpha value is -1.90. The van der Waals surface area contributed by atoms with Crippen LogP contribution in [0, 0.1) is 6.92 Å². The maximum atomic E-state index is 5.41. The van der Waals surface area contributed by atoms with Crippen LogP contribution >= 0.6 is 0 Å². The first-order valence-electron chi connectivity index (χ1n) is 4.36. The summed E-state index contributed by atoms with van der Waals surface area (Å²) < 4.78 is 5.41. The SMILES string of the molecule is Cc1cnc(Oc2ccccc2)nc1. The topological polar surface area (TPSA) is 35.0 Å². The molecule has 2 rings (SSSR count). The van der Waals surface area contributed by atoms with Gasteiger partial charge in [-0.1, -0.05) is 18.2 Å². The van der Waals surface area contributed by atoms with Gasteiger partial charge in [-0.25, -0.2) is 9.97 Å². The van der Waals surface area contributed by atoms with Gasteiger partial charge in [0.05, 0.1) is 0 Å². The fourth-order valence-electron chi connectivity index (χ4n) is 1.03. The van der Waals surface area contributed by atoms with Gasteiger partial charge in [-0.2, -0.15) is 0 Å². The molecule has 3 nitrogen and oxygen atoms in total. The molecule has 1 aromatic heterocycles. The smallest absolute Gasteiger partial charge is 0.321 e. The first-order chi connectivity index (χ1) is 6.84. The van der Waals surface area contributed by atoms with Gasteiger partial charge in [0.2, 0.25) is 0 Å². The highest BCUT2D eigenvalue weighted by Crippen LogP contribution is 2.15. The first kappa shape index (κ1) is 8.69. The lowest BCUT2D eigenvalue weighted by molar-refractivity contribution is 0.441. The molecule has 0 aliphatic carbocycles. The molecule has 0 bridgehead atoms. The minimum Gasteiger partial charge on any atom is -0.424 e. The molecule has 0 saturated heterocycles. The first-order valence-corrected chi connectivity index (χ1v) is 4.36. The molecule has 0 spiro atoms. The highest BCUT2D eigenvalue weighted by molar-refractivity contribution is 5.24. The molecule has 1 heterocycles. The van der Waals surface area contributed by atoms with Crippen molar-refractivity contribution in [1.29, 1.82) is 0 Å². The predicted octanol–water partition coefficient (Wildman–Crippen LogP) is 2.58. The molecule has 0 fully saturated rings. The van der Waals surface area contributed by atoms with Crippen LogP contribution in [-0.4, -0.2) is 9.97 Å². The van der Waals surface area contributed by atoms with E-state index in [1.807, 2.05) is 37.3 Å². The molecule has 0 amide bonds. The van der Waals surface area contributed by atoms with E-state index in [0.717, 1.165) is 11.3 Å². The third-order valence-corrected chi connectivity index (χ3v) is 1.71. The van der Waals surface area contributed by atoms with Gasteiger partial charge in [0.25, 0.3) is 0 Å². The normalized spacial score (nSPS) is 9.79. The summed E-state index contributed by atoms with van der Waals surface area (Å²) in [4.78, 5) is 8.08. The van der Waals surface area contributed by atoms with Crippen molar-refractivity contribution in [2.45, 2.75) is 6.92 Å². The van der Waals surface area contributed by atoms with Gasteiger partial charge >= 0.3 is 6.01 Å². The largest absolute Gasteiger partial charge is 0.424 e. The Kier molecular flexibility index (Phi) is 2.40. The summed E-state index contributed by atoms with van der Waals surface area (Å²) >= 11 is 0. The van der Waals surface area contributed by atoms with Crippen molar-refractivity contribution in [2.24, 2.45) is 0 Å². The molecule has 0 unspecified atom stereocenters. The minimum atomic E-state index is 0.377. The molecule has 70 valence electrons. The van der Waals surface area contributed by atoms with Crippen molar-refractivity contribution in [3.05, 3.63) is 48.3 Å². The summed E-state index contributed by atoms with van der Waals surface area (Å²) in [6, 6.07) is 9.85. The monoisotopic (exact) mass is 186 g/mol. The minimum absolute atomic E-state index is 0.377. The van der Waals surface area contributed by atoms with E-state index in [1.165, 1.54) is 0 Å². The number of aryl methyl sites for hydroxylation is 1. The van der Waals surface area contributed by atoms with Gasteiger partial charge in [0.1, 0.15) is 5.75 Å². The second-order valence-electron chi connectivity index (χ2n) is 2.96. The summed E-state index contributed by atoms with van der Waals surface area (Å²) in [7, 11) is 0. The molecule has 0 N–H and O–H groups in total. The van der Waals surface area contributed by atoms with E-state index in [-0.39, 0.29) is 0 Å². The summed E-state index contributed by atoms with van der Waals surface area (Å²) in [5.74, 6) is 0.747. The highest BCUT2D eigenvalue weighted by atomic mass is 16.5. The zero-order valence-corrected chi connectivity index (χ0v) is 7.84. The highest BCUT2D eigenvalue weighted by Gasteiger charge is 1.97. The van der Waals surface area contributed by atoms with Crippen molar-refractivity contribution >= 4 is 0 Å². The van der Waals surface area contributed by atoms with Crippen molar-refractivity contribution < 1.29 is 4.74 Å². The summed E-state index contributed by atoms with van der Waals surface area (Å²) in [6.07, 6.45) is 3.45. The van der Waals surface area contributed by atoms with E-state index in [1.54, 1.807) is 12.4 Å². The van der Waals surface area contributed by atoms with Crippen molar-refractivity contribution in [1.82, 2.24) is 9.97 Å². The van der Waals surface area contributed by atoms with Gasteiger partial charge in [-0.05, 0) is 24.6 Å². The third kappa shape index (κ3) is 2.07. The number of rotatable bonds is 2. The van der Waals surface area contributed by atoms with Crippen LogP contribution in [0.5, 0.6) is 11.8 Å². The van der Waals surface area contributed by atoms with Gasteiger partial charge in [0, 0.05) is 12.4 Å². The Morgan fingerprint density at radius 3 is 2.29 bits per heavy atom. The molecule has 2 aromatic rings. The summed E-state index contributed by atoms with van der Waals surface area (Å²) in [5.41, 5.74) is 1.02. The van der Waals surface area contributed by atoms with Gasteiger partial charge in [-0.15, -0.1) is 0 Å². The van der Waals surface area contributed by atoms with Crippen LogP contribution < -0.4 is 4.74 Å². The van der Waals surface area contributed by atoms with Crippen LogP contribution in [0.15, 0.2) is 42.7 Å². The van der Waals surface area contributed by atoms with Gasteiger partial charge < -0.3 is 4.74 Å². The Labute approximate surface area is 82.4 Å². The van der Waals surface area contributed by atoms with Crippen molar-refractivity contribution in [3.8, 4) is 11.8 Å². The van der Waals surface area contributed by atoms with Crippen molar-refractivity contribution in [3.63, 3.8) is 0 Å². The van der Waals surface area contributed by atoms with Crippen LogP contribution in [0.4, 0.5) is 0 Å². The lowest BCUT2D eigenvalue weighted by Gasteiger charge is -2.02. The van der Waals surface area contributed by atoms with Gasteiger partial charge in [-0.3, -0.25) is 0 Å². The van der Waals surface area contributed by atoms with E-state index in [2.05, 4.69) is 9.97 Å². The molecule has 0 aliphatic heterocycles. The second-order valence-corrected chi connectivity index (χ2v) is 2.96. The Morgan fingerprint density at radius 2 is 1.64 bits per heavy atom. The van der Waals surface area contributed by atoms with E-state index >= 15 is 0 Å². The van der Waals surface area contributed by atoms with Crippen LogP contribution in [0.3, 0.4) is 0 Å². The van der Waals surface area contributed by atoms with Crippen molar-refractivity contribution in [2.75, 3.05) is 0 Å². The molecule has 14 heavy (non-hydrogen) atoms. The fraction of sp³-hybridized carbons (Fsp3) is 0.0909. The third-order valence-electron chi connectivity index (χ3n) is 1.71. The lowest BCUT2D eigenvalue weighted by Crippen LogP contribution is -1.91. The van der Waals surface area contributed by atoms with E-state index in [9.17, 15) is 0 Å². The fourth-order valence-corrected chi connectivity index (χ4v) is 1.03. The molecule has 0 aliphatic rings. The number of benzene rings is 1. The number of ether oxygens (including phenoxy) is 1. The maximum absolute atomic E-state index is 5.41. The zero-order valence-electron chi connectivity index (χ0n) is 7.84. The number of hydrogen-bond acceptors (Lipinski definition) is 3. The number of aromatic nitrogens is 2. The Morgan fingerprint density at radius 1 is 1.00 bits per heavy atom. The quantitative estimate of drug-likeness (QED) is 0.723.